The molecule has 0 radical (unpaired) electrons. The number of hydrogen-bond donors (Lipinski definition) is 2. The minimum atomic E-state index is -3.10. The summed E-state index contributed by atoms with van der Waals surface area (Å²) in [7, 11) is -3.10. The first-order valence-corrected chi connectivity index (χ1v) is 9.79. The van der Waals surface area contributed by atoms with Gasteiger partial charge in [0.25, 0.3) is 0 Å². The van der Waals surface area contributed by atoms with Gasteiger partial charge < -0.3 is 10.6 Å². The van der Waals surface area contributed by atoms with E-state index in [-0.39, 0.29) is 6.03 Å². The van der Waals surface area contributed by atoms with Crippen molar-refractivity contribution in [2.45, 2.75) is 19.4 Å². The van der Waals surface area contributed by atoms with Crippen LogP contribution in [0.1, 0.15) is 18.4 Å². The molecule has 1 saturated heterocycles. The van der Waals surface area contributed by atoms with E-state index in [9.17, 15) is 13.2 Å². The normalized spacial score (nSPS) is 17.0. The molecule has 1 aliphatic heterocycles. The Hall–Kier alpha value is -1.31. The van der Waals surface area contributed by atoms with Gasteiger partial charge in [0.15, 0.2) is 0 Å². The number of nitrogens with zero attached hydrogens (tertiary/aromatic N) is 1. The molecule has 1 aromatic carbocycles. The summed E-state index contributed by atoms with van der Waals surface area (Å²) in [6, 6.07) is 7.12. The van der Waals surface area contributed by atoms with Gasteiger partial charge in [0, 0.05) is 31.2 Å². The van der Waals surface area contributed by atoms with E-state index >= 15 is 0 Å². The summed E-state index contributed by atoms with van der Waals surface area (Å²) in [5, 5.41) is 6.23. The fourth-order valence-electron chi connectivity index (χ4n) is 2.56. The lowest BCUT2D eigenvalue weighted by Crippen LogP contribution is -2.43. The quantitative estimate of drug-likeness (QED) is 0.841. The zero-order valence-corrected chi connectivity index (χ0v) is 14.7. The maximum absolute atomic E-state index is 11.8. The van der Waals surface area contributed by atoms with E-state index in [0.29, 0.717) is 37.1 Å². The number of carbonyl (C=O) groups is 1. The minimum absolute atomic E-state index is 0.240. The Balaban J connectivity index is 1.69. The molecule has 0 saturated carbocycles. The van der Waals surface area contributed by atoms with Crippen molar-refractivity contribution in [3.8, 4) is 0 Å². The molecule has 0 aliphatic carbocycles. The van der Waals surface area contributed by atoms with Crippen LogP contribution >= 0.6 is 11.6 Å². The van der Waals surface area contributed by atoms with Crippen LogP contribution in [0.15, 0.2) is 24.3 Å². The summed E-state index contributed by atoms with van der Waals surface area (Å²) in [5.74, 6) is 0.305. The van der Waals surface area contributed by atoms with Gasteiger partial charge in [-0.25, -0.2) is 17.5 Å². The Morgan fingerprint density at radius 2 is 1.91 bits per heavy atom. The molecule has 23 heavy (non-hydrogen) atoms. The molecule has 6 nitrogen and oxygen atoms in total. The minimum Gasteiger partial charge on any atom is -0.338 e. The lowest BCUT2D eigenvalue weighted by molar-refractivity contribution is 0.231. The van der Waals surface area contributed by atoms with Gasteiger partial charge in [0.1, 0.15) is 0 Å². The highest BCUT2D eigenvalue weighted by atomic mass is 35.5. The molecule has 0 aromatic heterocycles. The molecule has 128 valence electrons. The van der Waals surface area contributed by atoms with E-state index in [2.05, 4.69) is 10.6 Å². The van der Waals surface area contributed by atoms with Crippen LogP contribution in [0.2, 0.25) is 5.02 Å². The molecule has 8 heteroatoms. The summed E-state index contributed by atoms with van der Waals surface area (Å²) in [6.07, 6.45) is 2.75. The maximum atomic E-state index is 11.8. The molecule has 0 atom stereocenters. The first-order valence-electron chi connectivity index (χ1n) is 7.56. The first kappa shape index (κ1) is 18.0. The van der Waals surface area contributed by atoms with E-state index in [0.717, 1.165) is 18.4 Å². The van der Waals surface area contributed by atoms with Crippen molar-refractivity contribution in [3.05, 3.63) is 34.9 Å². The number of piperidine rings is 1. The van der Waals surface area contributed by atoms with E-state index < -0.39 is 10.0 Å². The molecular weight excluding hydrogens is 338 g/mol. The number of sulfonamides is 1. The summed E-state index contributed by atoms with van der Waals surface area (Å²) in [6.45, 7) is 1.96. The Bertz CT molecular complexity index is 643. The third-order valence-corrected chi connectivity index (χ3v) is 5.66. The first-order chi connectivity index (χ1) is 10.9. The van der Waals surface area contributed by atoms with Crippen LogP contribution in [0.25, 0.3) is 0 Å². The molecule has 2 rings (SSSR count). The molecular formula is C15H22ClN3O3S. The largest absolute Gasteiger partial charge is 0.338 e. The number of hydrogen-bond acceptors (Lipinski definition) is 3. The van der Waals surface area contributed by atoms with E-state index in [1.165, 1.54) is 10.6 Å². The molecule has 1 aromatic rings. The maximum Gasteiger partial charge on any atom is 0.315 e. The SMILES string of the molecule is CS(=O)(=O)N1CCC(CNC(=O)NCc2ccccc2Cl)CC1. The molecule has 1 heterocycles. The van der Waals surface area contributed by atoms with Gasteiger partial charge in [-0.2, -0.15) is 0 Å². The summed E-state index contributed by atoms with van der Waals surface area (Å²) >= 11 is 6.03. The summed E-state index contributed by atoms with van der Waals surface area (Å²) < 4.78 is 24.4. The average Bonchev–Trinajstić information content (AvgIpc) is 2.51. The fourth-order valence-corrected chi connectivity index (χ4v) is 3.64. The second-order valence-corrected chi connectivity index (χ2v) is 8.15. The monoisotopic (exact) mass is 359 g/mol. The number of amides is 2. The van der Waals surface area contributed by atoms with Crippen molar-refractivity contribution in [2.24, 2.45) is 5.92 Å². The van der Waals surface area contributed by atoms with Crippen molar-refractivity contribution in [3.63, 3.8) is 0 Å². The molecule has 0 bridgehead atoms. The molecule has 1 aliphatic rings. The van der Waals surface area contributed by atoms with Crippen LogP contribution in [0.3, 0.4) is 0 Å². The Morgan fingerprint density at radius 3 is 2.52 bits per heavy atom. The second kappa shape index (κ2) is 7.99. The highest BCUT2D eigenvalue weighted by Gasteiger charge is 2.24. The number of nitrogens with one attached hydrogen (secondary N) is 2. The van der Waals surface area contributed by atoms with Gasteiger partial charge in [-0.05, 0) is 30.4 Å². The zero-order valence-electron chi connectivity index (χ0n) is 13.1. The fraction of sp³-hybridized carbons (Fsp3) is 0.533. The van der Waals surface area contributed by atoms with Crippen LogP contribution in [0.4, 0.5) is 4.79 Å². The van der Waals surface area contributed by atoms with Gasteiger partial charge in [0.05, 0.1) is 6.26 Å². The third-order valence-electron chi connectivity index (χ3n) is 3.99. The number of halogens is 1. The van der Waals surface area contributed by atoms with Crippen LogP contribution in [-0.2, 0) is 16.6 Å². The predicted molar refractivity (Wildman–Crippen MR) is 90.8 cm³/mol. The molecule has 0 spiro atoms. The van der Waals surface area contributed by atoms with Crippen LogP contribution in [-0.4, -0.2) is 44.6 Å². The average molecular weight is 360 g/mol. The van der Waals surface area contributed by atoms with Crippen molar-refractivity contribution >= 4 is 27.7 Å². The van der Waals surface area contributed by atoms with Gasteiger partial charge >= 0.3 is 6.03 Å². The second-order valence-electron chi connectivity index (χ2n) is 5.76. The van der Waals surface area contributed by atoms with Crippen molar-refractivity contribution in [1.29, 1.82) is 0 Å². The van der Waals surface area contributed by atoms with E-state index in [1.54, 1.807) is 6.07 Å². The van der Waals surface area contributed by atoms with Crippen molar-refractivity contribution < 1.29 is 13.2 Å². The Kier molecular flexibility index (Phi) is 6.26. The topological polar surface area (TPSA) is 78.5 Å². The number of benzene rings is 1. The van der Waals surface area contributed by atoms with Gasteiger partial charge in [-0.15, -0.1) is 0 Å². The lowest BCUT2D eigenvalue weighted by atomic mass is 9.98. The number of urea groups is 1. The van der Waals surface area contributed by atoms with E-state index in [4.69, 9.17) is 11.6 Å². The molecule has 2 amide bonds. The zero-order chi connectivity index (χ0) is 16.9. The van der Waals surface area contributed by atoms with E-state index in [1.807, 2.05) is 18.2 Å². The van der Waals surface area contributed by atoms with Crippen molar-refractivity contribution in [2.75, 3.05) is 25.9 Å². The standard InChI is InChI=1S/C15H22ClN3O3S/c1-23(21,22)19-8-6-12(7-9-19)10-17-15(20)18-11-13-4-2-3-5-14(13)16/h2-5,12H,6-11H2,1H3,(H2,17,18,20). The van der Waals surface area contributed by atoms with Gasteiger partial charge in [-0.1, -0.05) is 29.8 Å². The summed E-state index contributed by atoms with van der Waals surface area (Å²) in [5.41, 5.74) is 0.866. The highest BCUT2D eigenvalue weighted by molar-refractivity contribution is 7.88. The summed E-state index contributed by atoms with van der Waals surface area (Å²) in [4.78, 5) is 11.8. The Labute approximate surface area is 142 Å². The smallest absolute Gasteiger partial charge is 0.315 e. The van der Waals surface area contributed by atoms with Gasteiger partial charge in [0.2, 0.25) is 10.0 Å². The lowest BCUT2D eigenvalue weighted by Gasteiger charge is -2.30. The van der Waals surface area contributed by atoms with Crippen LogP contribution in [0, 0.1) is 5.92 Å². The molecule has 0 unspecified atom stereocenters. The number of rotatable bonds is 5. The Morgan fingerprint density at radius 1 is 1.26 bits per heavy atom. The molecule has 2 N–H and O–H groups in total. The third kappa shape index (κ3) is 5.67. The van der Waals surface area contributed by atoms with Crippen LogP contribution < -0.4 is 10.6 Å². The number of carbonyl (C=O) groups excluding carboxylic acids is 1. The predicted octanol–water partition coefficient (Wildman–Crippen LogP) is 1.81. The van der Waals surface area contributed by atoms with Gasteiger partial charge in [-0.3, -0.25) is 0 Å². The van der Waals surface area contributed by atoms with Crippen molar-refractivity contribution in [1.82, 2.24) is 14.9 Å². The molecule has 1 fully saturated rings. The highest BCUT2D eigenvalue weighted by Crippen LogP contribution is 2.18. The van der Waals surface area contributed by atoms with Crippen LogP contribution in [0.5, 0.6) is 0 Å².